The van der Waals surface area contributed by atoms with Gasteiger partial charge < -0.3 is 15.0 Å². The summed E-state index contributed by atoms with van der Waals surface area (Å²) in [6.07, 6.45) is 7.07. The van der Waals surface area contributed by atoms with Crippen LogP contribution in [0.5, 0.6) is 5.88 Å². The Bertz CT molecular complexity index is 1170. The van der Waals surface area contributed by atoms with Gasteiger partial charge in [0.1, 0.15) is 17.8 Å². The first kappa shape index (κ1) is 23.8. The van der Waals surface area contributed by atoms with Crippen LogP contribution in [0.2, 0.25) is 5.02 Å². The molecule has 1 unspecified atom stereocenters. The van der Waals surface area contributed by atoms with E-state index < -0.39 is 0 Å². The van der Waals surface area contributed by atoms with Crippen LogP contribution in [0.4, 0.5) is 0 Å². The fourth-order valence-electron chi connectivity index (χ4n) is 5.17. The number of hydrogen-bond acceptors (Lipinski definition) is 6. The van der Waals surface area contributed by atoms with Crippen molar-refractivity contribution in [1.29, 1.82) is 0 Å². The molecule has 35 heavy (non-hydrogen) atoms. The molecule has 1 N–H and O–H groups in total. The molecule has 1 aliphatic carbocycles. The van der Waals surface area contributed by atoms with Crippen molar-refractivity contribution in [3.8, 4) is 11.6 Å². The Morgan fingerprint density at radius 2 is 1.97 bits per heavy atom. The Morgan fingerprint density at radius 3 is 2.71 bits per heavy atom. The molecule has 1 aromatic carbocycles. The lowest BCUT2D eigenvalue weighted by molar-refractivity contribution is -0.122. The highest BCUT2D eigenvalue weighted by Gasteiger charge is 2.32. The van der Waals surface area contributed by atoms with Gasteiger partial charge in [-0.1, -0.05) is 17.7 Å². The number of halogens is 1. The number of nitrogens with one attached hydrogen (secondary N) is 1. The molecule has 3 aromatic rings. The Balaban J connectivity index is 1.37. The summed E-state index contributed by atoms with van der Waals surface area (Å²) < 4.78 is 8.29. The standard InChI is InChI=1S/C26H31ClN6O2/c1-32(2)16-24(34)29-20-14-18-13-19(27)8-11-22(18)33-23(15-20)30-31-26(33)17-6-9-21(10-7-17)35-25-5-3-4-12-28-25/h3-5,8,11-13,17,20-21H,6-7,9-10,14-16H2,1-2H3,(H,29,34)/t17-,20?,21-. The number of ether oxygens (including phenoxy) is 1. The SMILES string of the molecule is CN(C)CC(=O)NC1Cc2cc(Cl)ccc2-n2c(nnc2[C@H]2CC[C@H](Oc3ccccn3)CC2)C1. The van der Waals surface area contributed by atoms with Crippen LogP contribution in [-0.4, -0.2) is 63.3 Å². The minimum atomic E-state index is -0.0690. The van der Waals surface area contributed by atoms with E-state index in [4.69, 9.17) is 16.3 Å². The molecule has 2 aliphatic rings. The zero-order valence-corrected chi connectivity index (χ0v) is 20.9. The first-order valence-corrected chi connectivity index (χ1v) is 12.6. The van der Waals surface area contributed by atoms with Crippen LogP contribution >= 0.6 is 11.6 Å². The van der Waals surface area contributed by atoms with Crippen LogP contribution in [0.1, 0.15) is 48.8 Å². The van der Waals surface area contributed by atoms with Crippen LogP contribution in [-0.2, 0) is 17.6 Å². The molecule has 1 fully saturated rings. The second-order valence-electron chi connectivity index (χ2n) is 9.75. The number of benzene rings is 1. The smallest absolute Gasteiger partial charge is 0.234 e. The van der Waals surface area contributed by atoms with Gasteiger partial charge in [0.15, 0.2) is 0 Å². The third-order valence-electron chi connectivity index (χ3n) is 6.72. The van der Waals surface area contributed by atoms with Gasteiger partial charge in [-0.15, -0.1) is 10.2 Å². The Labute approximate surface area is 210 Å². The van der Waals surface area contributed by atoms with Crippen LogP contribution in [0.25, 0.3) is 5.69 Å². The minimum absolute atomic E-state index is 0.00277. The van der Waals surface area contributed by atoms with E-state index in [1.54, 1.807) is 6.20 Å². The van der Waals surface area contributed by atoms with E-state index in [2.05, 4.69) is 25.1 Å². The zero-order valence-electron chi connectivity index (χ0n) is 20.2. The molecule has 0 saturated heterocycles. The molecule has 0 radical (unpaired) electrons. The molecular formula is C26H31ClN6O2. The number of likely N-dealkylation sites (N-methyl/N-ethyl adjacent to an activating group) is 1. The predicted molar refractivity (Wildman–Crippen MR) is 134 cm³/mol. The summed E-state index contributed by atoms with van der Waals surface area (Å²) in [5, 5.41) is 13.1. The van der Waals surface area contributed by atoms with E-state index in [0.29, 0.717) is 36.2 Å². The topological polar surface area (TPSA) is 85.2 Å². The molecule has 9 heteroatoms. The van der Waals surface area contributed by atoms with E-state index in [9.17, 15) is 4.79 Å². The lowest BCUT2D eigenvalue weighted by atomic mass is 9.86. The molecule has 184 valence electrons. The Hall–Kier alpha value is -2.97. The Morgan fingerprint density at radius 1 is 1.14 bits per heavy atom. The van der Waals surface area contributed by atoms with Gasteiger partial charge in [0.05, 0.1) is 12.2 Å². The van der Waals surface area contributed by atoms with Crippen LogP contribution in [0.3, 0.4) is 0 Å². The van der Waals surface area contributed by atoms with Gasteiger partial charge in [0.25, 0.3) is 0 Å². The lowest BCUT2D eigenvalue weighted by Gasteiger charge is -2.28. The fourth-order valence-corrected chi connectivity index (χ4v) is 5.37. The van der Waals surface area contributed by atoms with E-state index in [1.165, 1.54) is 0 Å². The van der Waals surface area contributed by atoms with Gasteiger partial charge >= 0.3 is 0 Å². The molecule has 1 amide bonds. The molecule has 1 aliphatic heterocycles. The number of rotatable bonds is 6. The summed E-state index contributed by atoms with van der Waals surface area (Å²) in [7, 11) is 3.78. The van der Waals surface area contributed by atoms with Crippen molar-refractivity contribution in [2.75, 3.05) is 20.6 Å². The second kappa shape index (κ2) is 10.3. The number of hydrogen-bond donors (Lipinski definition) is 1. The maximum absolute atomic E-state index is 12.5. The lowest BCUT2D eigenvalue weighted by Crippen LogP contribution is -2.42. The van der Waals surface area contributed by atoms with E-state index in [0.717, 1.165) is 48.6 Å². The van der Waals surface area contributed by atoms with Crippen molar-refractivity contribution in [2.24, 2.45) is 0 Å². The average molecular weight is 495 g/mol. The van der Waals surface area contributed by atoms with Crippen molar-refractivity contribution in [2.45, 2.75) is 56.6 Å². The Kier molecular flexibility index (Phi) is 7.02. The van der Waals surface area contributed by atoms with Crippen LogP contribution in [0.15, 0.2) is 42.6 Å². The molecule has 3 heterocycles. The zero-order chi connectivity index (χ0) is 24.4. The summed E-state index contributed by atoms with van der Waals surface area (Å²) >= 11 is 6.37. The van der Waals surface area contributed by atoms with E-state index in [-0.39, 0.29) is 18.1 Å². The van der Waals surface area contributed by atoms with Gasteiger partial charge in [-0.3, -0.25) is 9.36 Å². The van der Waals surface area contributed by atoms with Crippen LogP contribution in [0, 0.1) is 0 Å². The molecular weight excluding hydrogens is 464 g/mol. The van der Waals surface area contributed by atoms with Gasteiger partial charge in [-0.05, 0) is 76.0 Å². The molecule has 1 saturated carbocycles. The van der Waals surface area contributed by atoms with Crippen molar-refractivity contribution >= 4 is 17.5 Å². The number of nitrogens with zero attached hydrogens (tertiary/aromatic N) is 5. The maximum Gasteiger partial charge on any atom is 0.234 e. The fraction of sp³-hybridized carbons (Fsp3) is 0.462. The molecule has 5 rings (SSSR count). The molecule has 0 spiro atoms. The molecule has 1 atom stereocenters. The quantitative estimate of drug-likeness (QED) is 0.564. The van der Waals surface area contributed by atoms with Gasteiger partial charge in [-0.25, -0.2) is 4.98 Å². The summed E-state index contributed by atoms with van der Waals surface area (Å²) in [6.45, 7) is 0.348. The van der Waals surface area contributed by atoms with Crippen molar-refractivity contribution in [1.82, 2.24) is 30.0 Å². The number of aromatic nitrogens is 4. The van der Waals surface area contributed by atoms with Gasteiger partial charge in [-0.2, -0.15) is 0 Å². The molecule has 2 aromatic heterocycles. The minimum Gasteiger partial charge on any atom is -0.474 e. The molecule has 8 nitrogen and oxygen atoms in total. The summed E-state index contributed by atoms with van der Waals surface area (Å²) in [5.41, 5.74) is 2.15. The first-order valence-electron chi connectivity index (χ1n) is 12.2. The highest BCUT2D eigenvalue weighted by atomic mass is 35.5. The largest absolute Gasteiger partial charge is 0.474 e. The number of pyridine rings is 1. The number of fused-ring (bicyclic) bond motifs is 3. The number of amides is 1. The van der Waals surface area contributed by atoms with Gasteiger partial charge in [0.2, 0.25) is 11.8 Å². The van der Waals surface area contributed by atoms with E-state index in [1.807, 2.05) is 55.4 Å². The number of carbonyl (C=O) groups excluding carboxylic acids is 1. The number of carbonyl (C=O) groups is 1. The van der Waals surface area contributed by atoms with Crippen LogP contribution < -0.4 is 10.1 Å². The normalized spacial score (nSPS) is 21.7. The molecule has 0 bridgehead atoms. The third kappa shape index (κ3) is 5.49. The summed E-state index contributed by atoms with van der Waals surface area (Å²) in [4.78, 5) is 18.7. The monoisotopic (exact) mass is 494 g/mol. The summed E-state index contributed by atoms with van der Waals surface area (Å²) in [5.74, 6) is 2.84. The van der Waals surface area contributed by atoms with Crippen molar-refractivity contribution in [3.05, 3.63) is 64.8 Å². The highest BCUT2D eigenvalue weighted by molar-refractivity contribution is 6.30. The predicted octanol–water partition coefficient (Wildman–Crippen LogP) is 3.57. The van der Waals surface area contributed by atoms with Crippen molar-refractivity contribution < 1.29 is 9.53 Å². The third-order valence-corrected chi connectivity index (χ3v) is 6.96. The van der Waals surface area contributed by atoms with E-state index >= 15 is 0 Å². The highest BCUT2D eigenvalue weighted by Crippen LogP contribution is 2.37. The maximum atomic E-state index is 12.5. The van der Waals surface area contributed by atoms with Gasteiger partial charge in [0, 0.05) is 35.7 Å². The first-order chi connectivity index (χ1) is 17.0. The summed E-state index contributed by atoms with van der Waals surface area (Å²) in [6, 6.07) is 11.6. The van der Waals surface area contributed by atoms with Crippen molar-refractivity contribution in [3.63, 3.8) is 0 Å². The average Bonchev–Trinajstić information content (AvgIpc) is 3.16. The second-order valence-corrected chi connectivity index (χ2v) is 10.2.